The fourth-order valence-electron chi connectivity index (χ4n) is 2.62. The fraction of sp³-hybridized carbons (Fsp3) is 0.917. The van der Waals surface area contributed by atoms with Crippen molar-refractivity contribution in [3.8, 4) is 0 Å². The summed E-state index contributed by atoms with van der Waals surface area (Å²) in [6, 6.07) is 0.256. The number of piperazine rings is 1. The molecule has 0 aliphatic carbocycles. The molecule has 1 aliphatic rings. The Morgan fingerprint density at radius 1 is 1.44 bits per heavy atom. The average Bonchev–Trinajstić information content (AvgIpc) is 2.09. The Labute approximate surface area is 99.0 Å². The van der Waals surface area contributed by atoms with Crippen LogP contribution in [-0.4, -0.2) is 60.5 Å². The smallest absolute Gasteiger partial charge is 0.241 e. The van der Waals surface area contributed by atoms with Gasteiger partial charge >= 0.3 is 0 Å². The second kappa shape index (κ2) is 4.72. The number of amides is 1. The molecule has 1 amide bonds. The van der Waals surface area contributed by atoms with E-state index in [1.807, 2.05) is 19.0 Å². The monoisotopic (exact) mass is 227 g/mol. The lowest BCUT2D eigenvalue weighted by molar-refractivity contribution is -0.151. The van der Waals surface area contributed by atoms with Crippen LogP contribution in [0.15, 0.2) is 0 Å². The summed E-state index contributed by atoms with van der Waals surface area (Å²) in [5.74, 6) is 0.239. The van der Waals surface area contributed by atoms with Crippen LogP contribution in [0.3, 0.4) is 0 Å². The molecule has 1 saturated heterocycles. The van der Waals surface area contributed by atoms with Crippen molar-refractivity contribution >= 4 is 5.91 Å². The third-order valence-corrected chi connectivity index (χ3v) is 3.17. The van der Waals surface area contributed by atoms with Crippen molar-refractivity contribution in [3.05, 3.63) is 0 Å². The van der Waals surface area contributed by atoms with Crippen LogP contribution in [0.25, 0.3) is 0 Å². The first-order valence-corrected chi connectivity index (χ1v) is 5.97. The first-order chi connectivity index (χ1) is 7.29. The van der Waals surface area contributed by atoms with E-state index in [0.29, 0.717) is 6.54 Å². The highest BCUT2D eigenvalue weighted by atomic mass is 16.2. The Hall–Kier alpha value is -0.610. The Morgan fingerprint density at radius 3 is 2.44 bits per heavy atom. The lowest BCUT2D eigenvalue weighted by Crippen LogP contribution is -2.66. The van der Waals surface area contributed by atoms with Crippen LogP contribution in [0.2, 0.25) is 0 Å². The predicted molar refractivity (Wildman–Crippen MR) is 66.4 cm³/mol. The summed E-state index contributed by atoms with van der Waals surface area (Å²) in [6.45, 7) is 10.1. The minimum absolute atomic E-state index is 0.0274. The van der Waals surface area contributed by atoms with E-state index < -0.39 is 0 Å². The molecule has 0 aromatic heterocycles. The van der Waals surface area contributed by atoms with Gasteiger partial charge in [-0.3, -0.25) is 9.69 Å². The Balaban J connectivity index is 2.90. The number of likely N-dealkylation sites (N-methyl/N-ethyl adjacent to an activating group) is 2. The van der Waals surface area contributed by atoms with Gasteiger partial charge in [-0.2, -0.15) is 0 Å². The molecular weight excluding hydrogens is 202 g/mol. The van der Waals surface area contributed by atoms with Crippen LogP contribution in [0.4, 0.5) is 0 Å². The SMILES string of the molecule is CNCC1C(=O)N(C(C)(C)C)C(C)CN1C. The Morgan fingerprint density at radius 2 is 2.00 bits per heavy atom. The van der Waals surface area contributed by atoms with E-state index in [4.69, 9.17) is 0 Å². The molecule has 4 nitrogen and oxygen atoms in total. The molecular formula is C12H25N3O. The van der Waals surface area contributed by atoms with E-state index in [1.54, 1.807) is 0 Å². The number of carbonyl (C=O) groups is 1. The molecule has 0 bridgehead atoms. The summed E-state index contributed by atoms with van der Waals surface area (Å²) >= 11 is 0. The highest BCUT2D eigenvalue weighted by molar-refractivity contribution is 5.84. The van der Waals surface area contributed by atoms with Gasteiger partial charge in [0.1, 0.15) is 6.04 Å². The summed E-state index contributed by atoms with van der Waals surface area (Å²) in [4.78, 5) is 16.6. The lowest BCUT2D eigenvalue weighted by atomic mass is 9.97. The van der Waals surface area contributed by atoms with E-state index >= 15 is 0 Å². The van der Waals surface area contributed by atoms with Gasteiger partial charge in [-0.05, 0) is 41.8 Å². The Bertz CT molecular complexity index is 259. The highest BCUT2D eigenvalue weighted by Crippen LogP contribution is 2.24. The van der Waals surface area contributed by atoms with Crippen molar-refractivity contribution < 1.29 is 4.79 Å². The van der Waals surface area contributed by atoms with Gasteiger partial charge in [0.25, 0.3) is 0 Å². The van der Waals surface area contributed by atoms with E-state index in [2.05, 4.69) is 37.9 Å². The second-order valence-corrected chi connectivity index (χ2v) is 5.74. The number of carbonyl (C=O) groups excluding carboxylic acids is 1. The first-order valence-electron chi connectivity index (χ1n) is 5.97. The predicted octanol–water partition coefficient (Wildman–Crippen LogP) is 0.535. The number of hydrogen-bond donors (Lipinski definition) is 1. The summed E-state index contributed by atoms with van der Waals surface area (Å²) in [5.41, 5.74) is -0.0935. The molecule has 0 saturated carbocycles. The van der Waals surface area contributed by atoms with Gasteiger partial charge in [0.15, 0.2) is 0 Å². The van der Waals surface area contributed by atoms with Crippen LogP contribution in [0.5, 0.6) is 0 Å². The van der Waals surface area contributed by atoms with Gasteiger partial charge in [0.05, 0.1) is 0 Å². The molecule has 0 spiro atoms. The molecule has 1 N–H and O–H groups in total. The maximum atomic E-state index is 12.4. The van der Waals surface area contributed by atoms with Crippen molar-refractivity contribution in [1.82, 2.24) is 15.1 Å². The summed E-state index contributed by atoms with van der Waals surface area (Å²) < 4.78 is 0. The maximum absolute atomic E-state index is 12.4. The average molecular weight is 227 g/mol. The zero-order valence-corrected chi connectivity index (χ0v) is 11.4. The zero-order valence-electron chi connectivity index (χ0n) is 11.4. The van der Waals surface area contributed by atoms with Crippen LogP contribution in [-0.2, 0) is 4.79 Å². The minimum Gasteiger partial charge on any atom is -0.332 e. The van der Waals surface area contributed by atoms with E-state index in [9.17, 15) is 4.79 Å². The minimum atomic E-state index is -0.0935. The number of rotatable bonds is 2. The lowest BCUT2D eigenvalue weighted by Gasteiger charge is -2.49. The molecule has 0 aromatic rings. The zero-order chi connectivity index (χ0) is 12.5. The molecule has 16 heavy (non-hydrogen) atoms. The molecule has 2 atom stereocenters. The molecule has 1 fully saturated rings. The van der Waals surface area contributed by atoms with Gasteiger partial charge in [-0.25, -0.2) is 0 Å². The number of hydrogen-bond acceptors (Lipinski definition) is 3. The molecule has 0 aromatic carbocycles. The molecule has 1 rings (SSSR count). The van der Waals surface area contributed by atoms with E-state index in [-0.39, 0.29) is 23.5 Å². The van der Waals surface area contributed by atoms with Crippen LogP contribution < -0.4 is 5.32 Å². The van der Waals surface area contributed by atoms with Crippen molar-refractivity contribution in [2.45, 2.75) is 45.3 Å². The van der Waals surface area contributed by atoms with E-state index in [0.717, 1.165) is 6.54 Å². The first kappa shape index (κ1) is 13.5. The largest absolute Gasteiger partial charge is 0.332 e. The van der Waals surface area contributed by atoms with Gasteiger partial charge in [-0.1, -0.05) is 0 Å². The van der Waals surface area contributed by atoms with Crippen LogP contribution in [0, 0.1) is 0 Å². The normalized spacial score (nSPS) is 28.6. The van der Waals surface area contributed by atoms with Crippen LogP contribution >= 0.6 is 0 Å². The fourth-order valence-corrected chi connectivity index (χ4v) is 2.62. The molecule has 94 valence electrons. The Kier molecular flexibility index (Phi) is 3.97. The molecule has 4 heteroatoms. The second-order valence-electron chi connectivity index (χ2n) is 5.74. The maximum Gasteiger partial charge on any atom is 0.241 e. The van der Waals surface area contributed by atoms with Gasteiger partial charge in [0, 0.05) is 24.7 Å². The van der Waals surface area contributed by atoms with Crippen molar-refractivity contribution in [2.24, 2.45) is 0 Å². The molecule has 0 radical (unpaired) electrons. The molecule has 1 heterocycles. The van der Waals surface area contributed by atoms with Crippen LogP contribution in [0.1, 0.15) is 27.7 Å². The summed E-state index contributed by atoms with van der Waals surface area (Å²) in [7, 11) is 3.91. The third kappa shape index (κ3) is 2.55. The topological polar surface area (TPSA) is 35.6 Å². The molecule has 1 aliphatic heterocycles. The number of nitrogens with zero attached hydrogens (tertiary/aromatic N) is 2. The van der Waals surface area contributed by atoms with Crippen molar-refractivity contribution in [1.29, 1.82) is 0 Å². The summed E-state index contributed by atoms with van der Waals surface area (Å²) in [5, 5.41) is 3.10. The third-order valence-electron chi connectivity index (χ3n) is 3.17. The highest BCUT2D eigenvalue weighted by Gasteiger charge is 2.41. The number of nitrogens with one attached hydrogen (secondary N) is 1. The van der Waals surface area contributed by atoms with E-state index in [1.165, 1.54) is 0 Å². The van der Waals surface area contributed by atoms with Gasteiger partial charge in [-0.15, -0.1) is 0 Å². The van der Waals surface area contributed by atoms with Gasteiger partial charge < -0.3 is 10.2 Å². The summed E-state index contributed by atoms with van der Waals surface area (Å²) in [6.07, 6.45) is 0. The van der Waals surface area contributed by atoms with Crippen molar-refractivity contribution in [3.63, 3.8) is 0 Å². The quantitative estimate of drug-likeness (QED) is 0.748. The standard InChI is InChI=1S/C12H25N3O/c1-9-8-14(6)10(7-13-5)11(16)15(9)12(2,3)4/h9-10,13H,7-8H2,1-6H3. The molecule has 2 unspecified atom stereocenters. The van der Waals surface area contributed by atoms with Gasteiger partial charge in [0.2, 0.25) is 5.91 Å². The van der Waals surface area contributed by atoms with Crippen molar-refractivity contribution in [2.75, 3.05) is 27.2 Å².